The number of piperazine rings is 1. The van der Waals surface area contributed by atoms with E-state index < -0.39 is 0 Å². The first kappa shape index (κ1) is 14.8. The third-order valence-corrected chi connectivity index (χ3v) is 3.45. The number of hydrogen-bond donors (Lipinski definition) is 0. The molecule has 0 aromatic rings. The van der Waals surface area contributed by atoms with Gasteiger partial charge in [-0.1, -0.05) is 51.8 Å². The Bertz CT molecular complexity index is 331. The zero-order chi connectivity index (χ0) is 13.5. The molecule has 1 aliphatic rings. The Morgan fingerprint density at radius 3 is 2.22 bits per heavy atom. The minimum Gasteiger partial charge on any atom is -0.373 e. The lowest BCUT2D eigenvalue weighted by atomic mass is 10.1. The van der Waals surface area contributed by atoms with Crippen LogP contribution in [0.2, 0.25) is 0 Å². The van der Waals surface area contributed by atoms with E-state index in [1.807, 2.05) is 18.2 Å². The van der Waals surface area contributed by atoms with Gasteiger partial charge in [-0.15, -0.1) is 0 Å². The number of rotatable bonds is 6. The van der Waals surface area contributed by atoms with Crippen LogP contribution in [0.5, 0.6) is 0 Å². The molecule has 0 bridgehead atoms. The average Bonchev–Trinajstić information content (AvgIpc) is 2.38. The van der Waals surface area contributed by atoms with Gasteiger partial charge in [-0.25, -0.2) is 0 Å². The molecule has 1 fully saturated rings. The van der Waals surface area contributed by atoms with Gasteiger partial charge in [0.25, 0.3) is 0 Å². The van der Waals surface area contributed by atoms with E-state index in [9.17, 15) is 0 Å². The number of nitrogens with zero attached hydrogens (tertiary/aromatic N) is 2. The van der Waals surface area contributed by atoms with Crippen molar-refractivity contribution in [3.8, 4) is 0 Å². The van der Waals surface area contributed by atoms with Gasteiger partial charge < -0.3 is 4.90 Å². The van der Waals surface area contributed by atoms with Gasteiger partial charge in [0.2, 0.25) is 0 Å². The normalized spacial score (nSPS) is 17.9. The quantitative estimate of drug-likeness (QED) is 0.665. The molecule has 0 atom stereocenters. The van der Waals surface area contributed by atoms with Crippen LogP contribution in [-0.4, -0.2) is 42.5 Å². The summed E-state index contributed by atoms with van der Waals surface area (Å²) in [7, 11) is 0. The monoisotopic (exact) mass is 246 g/mol. The lowest BCUT2D eigenvalue weighted by Crippen LogP contribution is -2.46. The van der Waals surface area contributed by atoms with E-state index in [1.54, 1.807) is 0 Å². The first-order chi connectivity index (χ1) is 8.58. The highest BCUT2D eigenvalue weighted by atomic mass is 15.3. The van der Waals surface area contributed by atoms with Crippen LogP contribution in [0.3, 0.4) is 0 Å². The molecule has 0 aromatic heterocycles. The highest BCUT2D eigenvalue weighted by Crippen LogP contribution is 2.16. The molecule has 18 heavy (non-hydrogen) atoms. The van der Waals surface area contributed by atoms with Crippen molar-refractivity contribution >= 4 is 0 Å². The molecule has 1 aliphatic heterocycles. The minimum atomic E-state index is 0.543. The summed E-state index contributed by atoms with van der Waals surface area (Å²) >= 11 is 0. The maximum absolute atomic E-state index is 4.18. The summed E-state index contributed by atoms with van der Waals surface area (Å²) in [6.45, 7) is 21.5. The molecule has 0 saturated carbocycles. The SMILES string of the molecule is C=C/C=C(\C=C)CN1CCN(C(=C)C(C)C)CC1. The summed E-state index contributed by atoms with van der Waals surface area (Å²) in [6, 6.07) is 0. The molecular weight excluding hydrogens is 220 g/mol. The zero-order valence-electron chi connectivity index (χ0n) is 11.9. The standard InChI is InChI=1S/C16H26N2/c1-6-8-16(7-2)13-17-9-11-18(12-10-17)15(5)14(3)4/h6-8,14H,1-2,5,9-13H2,3-4H3/b16-8+. The number of hydrogen-bond acceptors (Lipinski definition) is 2. The van der Waals surface area contributed by atoms with E-state index in [0.717, 1.165) is 32.7 Å². The van der Waals surface area contributed by atoms with Crippen molar-refractivity contribution in [1.29, 1.82) is 0 Å². The van der Waals surface area contributed by atoms with Crippen molar-refractivity contribution in [3.63, 3.8) is 0 Å². The van der Waals surface area contributed by atoms with Crippen molar-refractivity contribution in [2.24, 2.45) is 5.92 Å². The van der Waals surface area contributed by atoms with Gasteiger partial charge in [0, 0.05) is 38.4 Å². The predicted molar refractivity (Wildman–Crippen MR) is 80.5 cm³/mol. The fourth-order valence-electron chi connectivity index (χ4n) is 2.15. The van der Waals surface area contributed by atoms with Crippen molar-refractivity contribution in [2.75, 3.05) is 32.7 Å². The molecule has 0 unspecified atom stereocenters. The van der Waals surface area contributed by atoms with Gasteiger partial charge >= 0.3 is 0 Å². The first-order valence-corrected chi connectivity index (χ1v) is 6.68. The van der Waals surface area contributed by atoms with Gasteiger partial charge in [-0.05, 0) is 11.5 Å². The van der Waals surface area contributed by atoms with Crippen LogP contribution in [0.25, 0.3) is 0 Å². The molecule has 1 rings (SSSR count). The minimum absolute atomic E-state index is 0.543. The maximum atomic E-state index is 4.18. The smallest absolute Gasteiger partial charge is 0.0303 e. The molecule has 0 spiro atoms. The molecule has 1 saturated heterocycles. The van der Waals surface area contributed by atoms with E-state index >= 15 is 0 Å². The van der Waals surface area contributed by atoms with Crippen molar-refractivity contribution in [1.82, 2.24) is 9.80 Å². The van der Waals surface area contributed by atoms with Crippen LogP contribution in [0.1, 0.15) is 13.8 Å². The summed E-state index contributed by atoms with van der Waals surface area (Å²) < 4.78 is 0. The van der Waals surface area contributed by atoms with Crippen LogP contribution in [0.15, 0.2) is 49.2 Å². The lowest BCUT2D eigenvalue weighted by molar-refractivity contribution is 0.161. The van der Waals surface area contributed by atoms with Crippen LogP contribution < -0.4 is 0 Å². The molecule has 1 heterocycles. The van der Waals surface area contributed by atoms with Gasteiger partial charge in [-0.3, -0.25) is 4.90 Å². The highest BCUT2D eigenvalue weighted by Gasteiger charge is 2.19. The molecule has 0 radical (unpaired) electrons. The van der Waals surface area contributed by atoms with Gasteiger partial charge in [0.1, 0.15) is 0 Å². The largest absolute Gasteiger partial charge is 0.373 e. The van der Waals surface area contributed by atoms with E-state index in [4.69, 9.17) is 0 Å². The molecule has 0 aromatic carbocycles. The van der Waals surface area contributed by atoms with Gasteiger partial charge in [0.15, 0.2) is 0 Å². The Morgan fingerprint density at radius 2 is 1.78 bits per heavy atom. The van der Waals surface area contributed by atoms with E-state index in [1.165, 1.54) is 11.3 Å². The fourth-order valence-corrected chi connectivity index (χ4v) is 2.15. The summed E-state index contributed by atoms with van der Waals surface area (Å²) in [5.74, 6) is 0.543. The molecule has 0 amide bonds. The average molecular weight is 246 g/mol. The number of allylic oxidation sites excluding steroid dienone is 3. The molecule has 0 aliphatic carbocycles. The lowest BCUT2D eigenvalue weighted by Gasteiger charge is -2.38. The van der Waals surface area contributed by atoms with Crippen LogP contribution in [-0.2, 0) is 0 Å². The van der Waals surface area contributed by atoms with Crippen LogP contribution in [0, 0.1) is 5.92 Å². The second-order valence-corrected chi connectivity index (χ2v) is 5.09. The zero-order valence-corrected chi connectivity index (χ0v) is 11.9. The maximum Gasteiger partial charge on any atom is 0.0303 e. The van der Waals surface area contributed by atoms with Crippen LogP contribution >= 0.6 is 0 Å². The Hall–Kier alpha value is -1.28. The highest BCUT2D eigenvalue weighted by molar-refractivity contribution is 5.22. The van der Waals surface area contributed by atoms with E-state index in [2.05, 4.69) is 43.4 Å². The van der Waals surface area contributed by atoms with Gasteiger partial charge in [-0.2, -0.15) is 0 Å². The Labute approximate surface area is 112 Å². The topological polar surface area (TPSA) is 6.48 Å². The molecule has 0 N–H and O–H groups in total. The third-order valence-electron chi connectivity index (χ3n) is 3.45. The Morgan fingerprint density at radius 1 is 1.17 bits per heavy atom. The first-order valence-electron chi connectivity index (χ1n) is 6.68. The van der Waals surface area contributed by atoms with Crippen LogP contribution in [0.4, 0.5) is 0 Å². The summed E-state index contributed by atoms with van der Waals surface area (Å²) in [4.78, 5) is 4.87. The fraction of sp³-hybridized carbons (Fsp3) is 0.500. The summed E-state index contributed by atoms with van der Waals surface area (Å²) in [5.41, 5.74) is 2.50. The van der Waals surface area contributed by atoms with Crippen molar-refractivity contribution in [3.05, 3.63) is 49.2 Å². The molecule has 2 nitrogen and oxygen atoms in total. The molecular formula is C16H26N2. The van der Waals surface area contributed by atoms with Crippen molar-refractivity contribution in [2.45, 2.75) is 13.8 Å². The second kappa shape index (κ2) is 7.22. The Kier molecular flexibility index (Phi) is 5.93. The van der Waals surface area contributed by atoms with Gasteiger partial charge in [0.05, 0.1) is 0 Å². The van der Waals surface area contributed by atoms with E-state index in [-0.39, 0.29) is 0 Å². The predicted octanol–water partition coefficient (Wildman–Crippen LogP) is 3.07. The molecule has 100 valence electrons. The van der Waals surface area contributed by atoms with E-state index in [0.29, 0.717) is 5.92 Å². The summed E-state index contributed by atoms with van der Waals surface area (Å²) in [5, 5.41) is 0. The van der Waals surface area contributed by atoms with Crippen molar-refractivity contribution < 1.29 is 0 Å². The molecule has 2 heteroatoms. The second-order valence-electron chi connectivity index (χ2n) is 5.09. The Balaban J connectivity index is 2.44. The summed E-state index contributed by atoms with van der Waals surface area (Å²) in [6.07, 6.45) is 5.78. The third kappa shape index (κ3) is 4.19.